The minimum Gasteiger partial charge on any atom is -0.354 e. The molecule has 8 heteroatoms. The van der Waals surface area contributed by atoms with Gasteiger partial charge >= 0.3 is 0 Å². The van der Waals surface area contributed by atoms with E-state index in [9.17, 15) is 4.39 Å². The van der Waals surface area contributed by atoms with E-state index >= 15 is 0 Å². The minimum absolute atomic E-state index is 0.276. The van der Waals surface area contributed by atoms with Crippen LogP contribution in [0.3, 0.4) is 0 Å². The number of hydrogen-bond acceptors (Lipinski definition) is 4. The van der Waals surface area contributed by atoms with Crippen molar-refractivity contribution in [1.29, 1.82) is 0 Å². The van der Waals surface area contributed by atoms with Crippen LogP contribution in [-0.4, -0.2) is 47.1 Å². The van der Waals surface area contributed by atoms with E-state index in [-0.39, 0.29) is 5.82 Å². The first-order valence-electron chi connectivity index (χ1n) is 10.2. The molecule has 0 radical (unpaired) electrons. The highest BCUT2D eigenvalue weighted by Crippen LogP contribution is 2.27. The second-order valence-corrected chi connectivity index (χ2v) is 8.32. The molecular weight excluding hydrogens is 399 g/mol. The molecule has 1 unspecified atom stereocenters. The fourth-order valence-corrected chi connectivity index (χ4v) is 4.68. The van der Waals surface area contributed by atoms with Crippen LogP contribution in [0.15, 0.2) is 59.4 Å². The van der Waals surface area contributed by atoms with Crippen molar-refractivity contribution in [3.63, 3.8) is 0 Å². The number of benzene rings is 1. The molecule has 1 saturated heterocycles. The number of hydrogen-bond donors (Lipinski definition) is 2. The van der Waals surface area contributed by atoms with Gasteiger partial charge in [0.15, 0.2) is 5.96 Å². The summed E-state index contributed by atoms with van der Waals surface area (Å²) < 4.78 is 16.1. The predicted molar refractivity (Wildman–Crippen MR) is 120 cm³/mol. The van der Waals surface area contributed by atoms with Crippen molar-refractivity contribution < 1.29 is 4.39 Å². The molecule has 1 fully saturated rings. The highest BCUT2D eigenvalue weighted by atomic mass is 32.1. The van der Waals surface area contributed by atoms with Crippen molar-refractivity contribution in [1.82, 2.24) is 25.1 Å². The van der Waals surface area contributed by atoms with Gasteiger partial charge < -0.3 is 15.2 Å². The molecule has 4 rings (SSSR count). The smallest absolute Gasteiger partial charge is 0.191 e. The van der Waals surface area contributed by atoms with Gasteiger partial charge in [-0.25, -0.2) is 9.37 Å². The summed E-state index contributed by atoms with van der Waals surface area (Å²) in [5, 5.41) is 8.88. The number of likely N-dealkylation sites (tertiary alicyclic amines) is 1. The van der Waals surface area contributed by atoms with Gasteiger partial charge in [0.25, 0.3) is 0 Å². The fraction of sp³-hybridized carbons (Fsp3) is 0.364. The SMILES string of the molecule is CN=C(NCc1ccc(-n2ccnc2)c(F)c1)NCC(c1cccs1)N1CCCC1. The molecule has 0 spiro atoms. The molecule has 2 aromatic heterocycles. The van der Waals surface area contributed by atoms with E-state index in [1.165, 1.54) is 17.7 Å². The molecule has 1 aliphatic rings. The van der Waals surface area contributed by atoms with Crippen molar-refractivity contribution in [2.75, 3.05) is 26.7 Å². The van der Waals surface area contributed by atoms with E-state index in [0.717, 1.165) is 31.2 Å². The highest BCUT2D eigenvalue weighted by Gasteiger charge is 2.24. The van der Waals surface area contributed by atoms with Crippen molar-refractivity contribution >= 4 is 17.3 Å². The van der Waals surface area contributed by atoms with Crippen LogP contribution in [0.4, 0.5) is 4.39 Å². The third-order valence-electron chi connectivity index (χ3n) is 5.39. The summed E-state index contributed by atoms with van der Waals surface area (Å²) in [6.45, 7) is 3.56. The molecule has 1 aliphatic heterocycles. The molecule has 2 N–H and O–H groups in total. The molecule has 30 heavy (non-hydrogen) atoms. The highest BCUT2D eigenvalue weighted by molar-refractivity contribution is 7.10. The maximum Gasteiger partial charge on any atom is 0.191 e. The maximum absolute atomic E-state index is 14.5. The summed E-state index contributed by atoms with van der Waals surface area (Å²) in [4.78, 5) is 12.2. The van der Waals surface area contributed by atoms with Crippen LogP contribution < -0.4 is 10.6 Å². The first-order valence-corrected chi connectivity index (χ1v) is 11.1. The van der Waals surface area contributed by atoms with Gasteiger partial charge in [-0.05, 0) is 55.1 Å². The number of thiophene rings is 1. The lowest BCUT2D eigenvalue weighted by molar-refractivity contribution is 0.249. The van der Waals surface area contributed by atoms with E-state index in [4.69, 9.17) is 0 Å². The van der Waals surface area contributed by atoms with Crippen molar-refractivity contribution in [2.24, 2.45) is 4.99 Å². The number of imidazole rings is 1. The molecule has 1 aromatic carbocycles. The Bertz CT molecular complexity index is 948. The molecule has 0 aliphatic carbocycles. The molecule has 158 valence electrons. The van der Waals surface area contributed by atoms with Gasteiger partial charge in [0.1, 0.15) is 5.82 Å². The Labute approximate surface area is 180 Å². The van der Waals surface area contributed by atoms with Crippen LogP contribution in [0.25, 0.3) is 5.69 Å². The van der Waals surface area contributed by atoms with Gasteiger partial charge in [-0.15, -0.1) is 11.3 Å². The quantitative estimate of drug-likeness (QED) is 0.448. The Morgan fingerprint density at radius 3 is 2.80 bits per heavy atom. The van der Waals surface area contributed by atoms with E-state index in [2.05, 4.69) is 43.0 Å². The van der Waals surface area contributed by atoms with Crippen molar-refractivity contribution in [2.45, 2.75) is 25.4 Å². The van der Waals surface area contributed by atoms with E-state index in [0.29, 0.717) is 18.3 Å². The van der Waals surface area contributed by atoms with E-state index in [1.54, 1.807) is 53.8 Å². The zero-order valence-corrected chi connectivity index (χ0v) is 17.9. The largest absolute Gasteiger partial charge is 0.354 e. The van der Waals surface area contributed by atoms with Gasteiger partial charge in [0.2, 0.25) is 0 Å². The van der Waals surface area contributed by atoms with Gasteiger partial charge in [0, 0.05) is 37.4 Å². The normalized spacial score (nSPS) is 16.0. The third-order valence-corrected chi connectivity index (χ3v) is 6.37. The third kappa shape index (κ3) is 4.88. The second-order valence-electron chi connectivity index (χ2n) is 7.34. The van der Waals surface area contributed by atoms with Crippen LogP contribution in [0.5, 0.6) is 0 Å². The first-order chi connectivity index (χ1) is 14.7. The zero-order valence-electron chi connectivity index (χ0n) is 17.1. The van der Waals surface area contributed by atoms with E-state index in [1.807, 2.05) is 6.07 Å². The van der Waals surface area contributed by atoms with E-state index < -0.39 is 0 Å². The summed E-state index contributed by atoms with van der Waals surface area (Å²) in [6, 6.07) is 9.89. The van der Waals surface area contributed by atoms with Crippen LogP contribution in [0, 0.1) is 5.82 Å². The predicted octanol–water partition coefficient (Wildman–Crippen LogP) is 3.58. The first kappa shape index (κ1) is 20.6. The lowest BCUT2D eigenvalue weighted by atomic mass is 10.2. The van der Waals surface area contributed by atoms with Gasteiger partial charge in [-0.1, -0.05) is 12.1 Å². The second kappa shape index (κ2) is 9.86. The monoisotopic (exact) mass is 426 g/mol. The van der Waals surface area contributed by atoms with Gasteiger partial charge in [-0.3, -0.25) is 9.89 Å². The molecule has 0 bridgehead atoms. The van der Waals surface area contributed by atoms with Crippen LogP contribution >= 0.6 is 11.3 Å². The lowest BCUT2D eigenvalue weighted by Gasteiger charge is -2.27. The topological polar surface area (TPSA) is 57.5 Å². The Kier molecular flexibility index (Phi) is 6.76. The number of nitrogens with zero attached hydrogens (tertiary/aromatic N) is 4. The van der Waals surface area contributed by atoms with Crippen LogP contribution in [0.1, 0.15) is 29.3 Å². The minimum atomic E-state index is -0.276. The Morgan fingerprint density at radius 2 is 2.13 bits per heavy atom. The van der Waals surface area contributed by atoms with Gasteiger partial charge in [-0.2, -0.15) is 0 Å². The molecule has 3 heterocycles. The molecule has 0 amide bonds. The lowest BCUT2D eigenvalue weighted by Crippen LogP contribution is -2.42. The van der Waals surface area contributed by atoms with Crippen LogP contribution in [-0.2, 0) is 6.54 Å². The van der Waals surface area contributed by atoms with Crippen molar-refractivity contribution in [3.8, 4) is 5.69 Å². The molecule has 3 aromatic rings. The summed E-state index contributed by atoms with van der Waals surface area (Å²) >= 11 is 1.80. The zero-order chi connectivity index (χ0) is 20.8. The summed E-state index contributed by atoms with van der Waals surface area (Å²) in [6.07, 6.45) is 7.47. The summed E-state index contributed by atoms with van der Waals surface area (Å²) in [5.74, 6) is 0.442. The van der Waals surface area contributed by atoms with Crippen molar-refractivity contribution in [3.05, 3.63) is 70.7 Å². The average molecular weight is 427 g/mol. The average Bonchev–Trinajstić information content (AvgIpc) is 3.54. The number of aromatic nitrogens is 2. The summed E-state index contributed by atoms with van der Waals surface area (Å²) in [5.41, 5.74) is 1.34. The molecule has 6 nitrogen and oxygen atoms in total. The number of nitrogens with one attached hydrogen (secondary N) is 2. The number of aliphatic imine (C=N–C) groups is 1. The molecule has 0 saturated carbocycles. The Hall–Kier alpha value is -2.71. The standard InChI is InChI=1S/C22H27FN6S/c1-24-22(27-15-20(21-5-4-12-30-21)28-9-2-3-10-28)26-14-17-6-7-19(18(23)13-17)29-11-8-25-16-29/h4-8,11-13,16,20H,2-3,9-10,14-15H2,1H3,(H2,24,26,27). The summed E-state index contributed by atoms with van der Waals surface area (Å²) in [7, 11) is 1.76. The number of halogens is 1. The molecular formula is C22H27FN6S. The van der Waals surface area contributed by atoms with Gasteiger partial charge in [0.05, 0.1) is 18.1 Å². The Balaban J connectivity index is 1.35. The molecule has 1 atom stereocenters. The number of guanidine groups is 1. The van der Waals surface area contributed by atoms with Crippen LogP contribution in [0.2, 0.25) is 0 Å². The fourth-order valence-electron chi connectivity index (χ4n) is 3.81. The number of rotatable bonds is 7. The Morgan fingerprint density at radius 1 is 1.27 bits per heavy atom. The maximum atomic E-state index is 14.5.